The molecule has 0 bridgehead atoms. The van der Waals surface area contributed by atoms with Gasteiger partial charge in [-0.2, -0.15) is 0 Å². The monoisotopic (exact) mass is 250 g/mol. The summed E-state index contributed by atoms with van der Waals surface area (Å²) in [4.78, 5) is 12.5. The van der Waals surface area contributed by atoms with Gasteiger partial charge in [0.1, 0.15) is 5.75 Å². The Bertz CT molecular complexity index is 399. The molecular weight excluding hydrogens is 228 g/mol. The molecule has 1 aromatic rings. The molecule has 0 aliphatic heterocycles. The molecule has 100 valence electrons. The summed E-state index contributed by atoms with van der Waals surface area (Å²) in [6.07, 6.45) is 1.57. The number of carbonyl (C=O) groups excluding carboxylic acids is 1. The van der Waals surface area contributed by atoms with Gasteiger partial charge in [0, 0.05) is 24.2 Å². The third-order valence-electron chi connectivity index (χ3n) is 3.20. The largest absolute Gasteiger partial charge is 0.496 e. The average molecular weight is 250 g/mol. The minimum Gasteiger partial charge on any atom is -0.496 e. The van der Waals surface area contributed by atoms with Gasteiger partial charge in [-0.1, -0.05) is 26.0 Å². The van der Waals surface area contributed by atoms with E-state index in [-0.39, 0.29) is 11.7 Å². The van der Waals surface area contributed by atoms with Crippen LogP contribution in [-0.2, 0) is 11.2 Å². The van der Waals surface area contributed by atoms with Gasteiger partial charge in [-0.3, -0.25) is 4.79 Å². The fraction of sp³-hybridized carbons (Fsp3) is 0.533. The molecule has 0 aliphatic rings. The molecule has 0 aliphatic carbocycles. The lowest BCUT2D eigenvalue weighted by atomic mass is 9.91. The number of benzene rings is 1. The maximum Gasteiger partial charge on any atom is 0.168 e. The average Bonchev–Trinajstić information content (AvgIpc) is 2.42. The van der Waals surface area contributed by atoms with Gasteiger partial charge in [0.2, 0.25) is 0 Å². The van der Waals surface area contributed by atoms with Crippen molar-refractivity contribution < 1.29 is 14.3 Å². The molecule has 0 radical (unpaired) electrons. The summed E-state index contributed by atoms with van der Waals surface area (Å²) in [7, 11) is 3.26. The number of methoxy groups -OCH3 is 2. The van der Waals surface area contributed by atoms with Crippen molar-refractivity contribution in [1.29, 1.82) is 0 Å². The van der Waals surface area contributed by atoms with Gasteiger partial charge in [0.25, 0.3) is 0 Å². The second kappa shape index (κ2) is 7.17. The second-order valence-electron chi connectivity index (χ2n) is 4.26. The zero-order chi connectivity index (χ0) is 13.5. The number of Topliss-reactive ketones (excluding diaryl/α,β-unsaturated/α-hetero) is 1. The normalized spacial score (nSPS) is 12.2. The molecule has 0 heterocycles. The van der Waals surface area contributed by atoms with Gasteiger partial charge in [-0.15, -0.1) is 0 Å². The zero-order valence-electron chi connectivity index (χ0n) is 11.7. The van der Waals surface area contributed by atoms with Crippen molar-refractivity contribution >= 4 is 5.78 Å². The van der Waals surface area contributed by atoms with E-state index >= 15 is 0 Å². The molecule has 0 aromatic heterocycles. The van der Waals surface area contributed by atoms with Crippen LogP contribution in [0.15, 0.2) is 18.2 Å². The quantitative estimate of drug-likeness (QED) is 0.697. The van der Waals surface area contributed by atoms with E-state index in [2.05, 4.69) is 0 Å². The van der Waals surface area contributed by atoms with Gasteiger partial charge in [0.05, 0.1) is 13.7 Å². The summed E-state index contributed by atoms with van der Waals surface area (Å²) >= 11 is 0. The van der Waals surface area contributed by atoms with Crippen LogP contribution in [0, 0.1) is 5.92 Å². The van der Waals surface area contributed by atoms with Crippen LogP contribution in [-0.4, -0.2) is 26.6 Å². The fourth-order valence-corrected chi connectivity index (χ4v) is 2.15. The molecule has 1 atom stereocenters. The summed E-state index contributed by atoms with van der Waals surface area (Å²) in [6.45, 7) is 4.51. The van der Waals surface area contributed by atoms with Gasteiger partial charge < -0.3 is 9.47 Å². The molecule has 3 nitrogen and oxygen atoms in total. The molecule has 0 fully saturated rings. The molecule has 18 heavy (non-hydrogen) atoms. The molecular formula is C15H22O3. The first-order valence-electron chi connectivity index (χ1n) is 6.38. The first-order chi connectivity index (χ1) is 8.69. The van der Waals surface area contributed by atoms with E-state index in [1.807, 2.05) is 32.0 Å². The van der Waals surface area contributed by atoms with Crippen LogP contribution in [0.2, 0.25) is 0 Å². The van der Waals surface area contributed by atoms with E-state index in [1.54, 1.807) is 14.2 Å². The van der Waals surface area contributed by atoms with E-state index in [9.17, 15) is 4.79 Å². The summed E-state index contributed by atoms with van der Waals surface area (Å²) in [5.41, 5.74) is 1.75. The fourth-order valence-electron chi connectivity index (χ4n) is 2.15. The molecule has 0 N–H and O–H groups in total. The van der Waals surface area contributed by atoms with Crippen LogP contribution < -0.4 is 4.74 Å². The minimum atomic E-state index is -0.0765. The third-order valence-corrected chi connectivity index (χ3v) is 3.20. The Morgan fingerprint density at radius 1 is 1.28 bits per heavy atom. The minimum absolute atomic E-state index is 0.0765. The van der Waals surface area contributed by atoms with Gasteiger partial charge in [-0.25, -0.2) is 0 Å². The summed E-state index contributed by atoms with van der Waals surface area (Å²) in [5.74, 6) is 0.859. The molecule has 0 spiro atoms. The lowest BCUT2D eigenvalue weighted by Crippen LogP contribution is -2.20. The predicted octanol–water partition coefficient (Wildman–Crippen LogP) is 3.11. The van der Waals surface area contributed by atoms with Crippen LogP contribution in [0.25, 0.3) is 0 Å². The van der Waals surface area contributed by atoms with Crippen LogP contribution in [0.1, 0.15) is 36.2 Å². The Kier molecular flexibility index (Phi) is 5.86. The highest BCUT2D eigenvalue weighted by Gasteiger charge is 2.21. The number of carbonyl (C=O) groups is 1. The van der Waals surface area contributed by atoms with Crippen molar-refractivity contribution in [3.63, 3.8) is 0 Å². The standard InChI is InChI=1S/C15H22O3/c1-5-11(10-17-3)15(16)13-8-7-9-14(18-4)12(13)6-2/h7-9,11H,5-6,10H2,1-4H3. The second-order valence-corrected chi connectivity index (χ2v) is 4.26. The lowest BCUT2D eigenvalue weighted by Gasteiger charge is -2.16. The van der Waals surface area contributed by atoms with Crippen molar-refractivity contribution in [1.82, 2.24) is 0 Å². The Balaban J connectivity index is 3.11. The SMILES string of the molecule is CCc1c(OC)cccc1C(=O)C(CC)COC. The highest BCUT2D eigenvalue weighted by molar-refractivity contribution is 5.99. The Morgan fingerprint density at radius 3 is 2.50 bits per heavy atom. The van der Waals surface area contributed by atoms with Crippen LogP contribution in [0.3, 0.4) is 0 Å². The zero-order valence-corrected chi connectivity index (χ0v) is 11.7. The van der Waals surface area contributed by atoms with Crippen molar-refractivity contribution in [2.24, 2.45) is 5.92 Å². The maximum atomic E-state index is 12.5. The maximum absolute atomic E-state index is 12.5. The number of hydrogen-bond donors (Lipinski definition) is 0. The Hall–Kier alpha value is -1.35. The number of rotatable bonds is 7. The van der Waals surface area contributed by atoms with Crippen LogP contribution >= 0.6 is 0 Å². The van der Waals surface area contributed by atoms with Crippen LogP contribution in [0.5, 0.6) is 5.75 Å². The van der Waals surface area contributed by atoms with Gasteiger partial charge in [-0.05, 0) is 18.9 Å². The van der Waals surface area contributed by atoms with Gasteiger partial charge in [0.15, 0.2) is 5.78 Å². The molecule has 3 heteroatoms. The first kappa shape index (κ1) is 14.7. The van der Waals surface area contributed by atoms with E-state index in [1.165, 1.54) is 0 Å². The molecule has 0 amide bonds. The Morgan fingerprint density at radius 2 is 2.00 bits per heavy atom. The van der Waals surface area contributed by atoms with E-state index in [4.69, 9.17) is 9.47 Å². The van der Waals surface area contributed by atoms with Crippen molar-refractivity contribution in [3.05, 3.63) is 29.3 Å². The summed E-state index contributed by atoms with van der Waals surface area (Å²) < 4.78 is 10.4. The van der Waals surface area contributed by atoms with E-state index in [0.29, 0.717) is 6.61 Å². The van der Waals surface area contributed by atoms with Crippen LogP contribution in [0.4, 0.5) is 0 Å². The number of ketones is 1. The van der Waals surface area contributed by atoms with Crippen molar-refractivity contribution in [2.75, 3.05) is 20.8 Å². The molecule has 0 saturated heterocycles. The lowest BCUT2D eigenvalue weighted by molar-refractivity contribution is 0.0800. The highest BCUT2D eigenvalue weighted by atomic mass is 16.5. The van der Waals surface area contributed by atoms with Gasteiger partial charge >= 0.3 is 0 Å². The highest BCUT2D eigenvalue weighted by Crippen LogP contribution is 2.25. The summed E-state index contributed by atoms with van der Waals surface area (Å²) in [6, 6.07) is 5.64. The smallest absolute Gasteiger partial charge is 0.168 e. The third kappa shape index (κ3) is 3.10. The first-order valence-corrected chi connectivity index (χ1v) is 6.38. The topological polar surface area (TPSA) is 35.5 Å². The molecule has 1 aromatic carbocycles. The number of hydrogen-bond acceptors (Lipinski definition) is 3. The molecule has 1 rings (SSSR count). The van der Waals surface area contributed by atoms with Crippen molar-refractivity contribution in [2.45, 2.75) is 26.7 Å². The molecule has 0 saturated carbocycles. The molecule has 1 unspecified atom stereocenters. The predicted molar refractivity (Wildman–Crippen MR) is 72.4 cm³/mol. The summed E-state index contributed by atoms with van der Waals surface area (Å²) in [5, 5.41) is 0. The van der Waals surface area contributed by atoms with E-state index < -0.39 is 0 Å². The van der Waals surface area contributed by atoms with Crippen molar-refractivity contribution in [3.8, 4) is 5.75 Å². The van der Waals surface area contributed by atoms with E-state index in [0.717, 1.165) is 29.7 Å². The Labute approximate surface area is 109 Å². The number of ether oxygens (including phenoxy) is 2.